The smallest absolute Gasteiger partial charge is 0.327 e. The van der Waals surface area contributed by atoms with Crippen molar-refractivity contribution in [3.8, 4) is 0 Å². The number of aliphatic carboxylic acids is 1. The Bertz CT molecular complexity index is 622. The summed E-state index contributed by atoms with van der Waals surface area (Å²) in [5.74, 6) is -3.12. The molecule has 116 valence electrons. The van der Waals surface area contributed by atoms with Gasteiger partial charge in [-0.2, -0.15) is 0 Å². The maximum Gasteiger partial charge on any atom is 0.327 e. The zero-order valence-electron chi connectivity index (χ0n) is 11.7. The summed E-state index contributed by atoms with van der Waals surface area (Å²) >= 11 is 0. The van der Waals surface area contributed by atoms with Gasteiger partial charge in [0.1, 0.15) is 5.83 Å². The largest absolute Gasteiger partial charge is 0.480 e. The van der Waals surface area contributed by atoms with Gasteiger partial charge in [0.2, 0.25) is 0 Å². The average molecular weight is 306 g/mol. The number of nitrogens with two attached hydrogens (primary N) is 1. The Morgan fingerprint density at radius 3 is 2.32 bits per heavy atom. The van der Waals surface area contributed by atoms with Crippen LogP contribution in [-0.4, -0.2) is 40.4 Å². The van der Waals surface area contributed by atoms with E-state index in [1.165, 1.54) is 0 Å². The summed E-state index contributed by atoms with van der Waals surface area (Å²) < 4.78 is 13.3. The molecular formula is C15H15FN2O4. The number of carboxylic acids is 1. The molecule has 22 heavy (non-hydrogen) atoms. The molecule has 7 heteroatoms. The normalized spacial score (nSPS) is 15.9. The molecule has 2 rings (SSSR count). The van der Waals surface area contributed by atoms with E-state index in [1.54, 1.807) is 24.3 Å². The first-order valence-corrected chi connectivity index (χ1v) is 6.72. The van der Waals surface area contributed by atoms with Gasteiger partial charge in [0.15, 0.2) is 6.04 Å². The van der Waals surface area contributed by atoms with E-state index >= 15 is 0 Å². The van der Waals surface area contributed by atoms with Gasteiger partial charge in [-0.3, -0.25) is 19.3 Å². The number of fused-ring (bicyclic) bond motifs is 1. The molecule has 0 aliphatic carbocycles. The lowest BCUT2D eigenvalue weighted by Gasteiger charge is -2.12. The van der Waals surface area contributed by atoms with Crippen molar-refractivity contribution >= 4 is 17.8 Å². The molecule has 1 heterocycles. The fourth-order valence-corrected chi connectivity index (χ4v) is 2.18. The lowest BCUT2D eigenvalue weighted by molar-refractivity contribution is -0.137. The van der Waals surface area contributed by atoms with Crippen LogP contribution < -0.4 is 5.73 Å². The molecule has 0 bridgehead atoms. The third-order valence-corrected chi connectivity index (χ3v) is 3.37. The number of hydrogen-bond acceptors (Lipinski definition) is 4. The van der Waals surface area contributed by atoms with Crippen molar-refractivity contribution in [3.63, 3.8) is 0 Å². The molecule has 6 nitrogen and oxygen atoms in total. The van der Waals surface area contributed by atoms with Crippen molar-refractivity contribution in [1.29, 1.82) is 0 Å². The molecule has 1 atom stereocenters. The Hall–Kier alpha value is -2.54. The van der Waals surface area contributed by atoms with E-state index in [2.05, 4.69) is 0 Å². The number of rotatable bonds is 6. The van der Waals surface area contributed by atoms with Crippen molar-refractivity contribution in [2.45, 2.75) is 18.9 Å². The van der Waals surface area contributed by atoms with E-state index in [0.29, 0.717) is 17.5 Å². The number of carboxylic acid groups (broad SMARTS) is 1. The van der Waals surface area contributed by atoms with Crippen LogP contribution in [0.5, 0.6) is 0 Å². The van der Waals surface area contributed by atoms with E-state index in [-0.39, 0.29) is 24.8 Å². The summed E-state index contributed by atoms with van der Waals surface area (Å²) in [7, 11) is 0. The quantitative estimate of drug-likeness (QED) is 0.610. The molecule has 0 saturated carbocycles. The fourth-order valence-electron chi connectivity index (χ4n) is 2.18. The van der Waals surface area contributed by atoms with Crippen LogP contribution in [0.1, 0.15) is 33.6 Å². The van der Waals surface area contributed by atoms with Gasteiger partial charge in [0.05, 0.1) is 11.1 Å². The number of carbonyl (C=O) groups excluding carboxylic acids is 2. The van der Waals surface area contributed by atoms with Crippen molar-refractivity contribution in [2.75, 3.05) is 6.54 Å². The maximum absolute atomic E-state index is 13.3. The third-order valence-electron chi connectivity index (χ3n) is 3.37. The fraction of sp³-hybridized carbons (Fsp3) is 0.267. The summed E-state index contributed by atoms with van der Waals surface area (Å²) in [6.07, 6.45) is 1.57. The first kappa shape index (κ1) is 15.8. The van der Waals surface area contributed by atoms with Gasteiger partial charge in [-0.05, 0) is 25.0 Å². The van der Waals surface area contributed by atoms with Gasteiger partial charge in [-0.25, -0.2) is 4.39 Å². The second kappa shape index (κ2) is 6.48. The lowest BCUT2D eigenvalue weighted by Crippen LogP contribution is -2.31. The molecule has 1 aromatic carbocycles. The number of nitrogens with zero attached hydrogens (tertiary/aromatic N) is 1. The van der Waals surface area contributed by atoms with E-state index < -0.39 is 17.8 Å². The molecule has 1 aromatic rings. The van der Waals surface area contributed by atoms with Crippen LogP contribution in [0.3, 0.4) is 0 Å². The lowest BCUT2D eigenvalue weighted by atomic mass is 10.1. The van der Waals surface area contributed by atoms with Crippen molar-refractivity contribution in [2.24, 2.45) is 5.73 Å². The average Bonchev–Trinajstić information content (AvgIpc) is 2.75. The minimum atomic E-state index is -1.68. The van der Waals surface area contributed by atoms with Gasteiger partial charge in [-0.15, -0.1) is 0 Å². The molecule has 1 aliphatic heterocycles. The van der Waals surface area contributed by atoms with Crippen LogP contribution in [0, 0.1) is 0 Å². The number of unbranched alkanes of at least 4 members (excludes halogenated alkanes) is 1. The first-order chi connectivity index (χ1) is 10.4. The summed E-state index contributed by atoms with van der Waals surface area (Å²) in [5, 5.41) is 8.55. The molecular weight excluding hydrogens is 291 g/mol. The number of halogens is 1. The van der Waals surface area contributed by atoms with E-state index in [0.717, 1.165) is 11.0 Å². The Morgan fingerprint density at radius 2 is 1.82 bits per heavy atom. The van der Waals surface area contributed by atoms with Crippen molar-refractivity contribution in [3.05, 3.63) is 47.3 Å². The van der Waals surface area contributed by atoms with E-state index in [9.17, 15) is 18.8 Å². The predicted molar refractivity (Wildman–Crippen MR) is 75.8 cm³/mol. The molecule has 1 unspecified atom stereocenters. The highest BCUT2D eigenvalue weighted by atomic mass is 19.1. The van der Waals surface area contributed by atoms with Crippen LogP contribution in [0.15, 0.2) is 36.2 Å². The second-order valence-electron chi connectivity index (χ2n) is 4.85. The number of carbonyl (C=O) groups is 3. The van der Waals surface area contributed by atoms with Crippen LogP contribution in [0.2, 0.25) is 0 Å². The molecule has 2 amide bonds. The zero-order chi connectivity index (χ0) is 16.3. The van der Waals surface area contributed by atoms with Gasteiger partial charge in [0.25, 0.3) is 11.8 Å². The minimum absolute atomic E-state index is 0.137. The Kier molecular flexibility index (Phi) is 4.67. The van der Waals surface area contributed by atoms with Crippen LogP contribution in [0.25, 0.3) is 0 Å². The van der Waals surface area contributed by atoms with Gasteiger partial charge in [0, 0.05) is 6.54 Å². The molecule has 0 radical (unpaired) electrons. The second-order valence-corrected chi connectivity index (χ2v) is 4.85. The first-order valence-electron chi connectivity index (χ1n) is 6.72. The molecule has 0 fully saturated rings. The molecule has 0 aromatic heterocycles. The van der Waals surface area contributed by atoms with Crippen LogP contribution >= 0.6 is 0 Å². The maximum atomic E-state index is 13.3. The van der Waals surface area contributed by atoms with Crippen LogP contribution in [-0.2, 0) is 4.79 Å². The summed E-state index contributed by atoms with van der Waals surface area (Å²) in [6.45, 7) is 0.137. The molecule has 0 spiro atoms. The highest BCUT2D eigenvalue weighted by Gasteiger charge is 2.34. The predicted octanol–water partition coefficient (Wildman–Crippen LogP) is 1.33. The molecule has 3 N–H and O–H groups in total. The van der Waals surface area contributed by atoms with Gasteiger partial charge >= 0.3 is 5.97 Å². The van der Waals surface area contributed by atoms with Gasteiger partial charge < -0.3 is 10.8 Å². The number of allylic oxidation sites excluding steroid dienone is 1. The van der Waals surface area contributed by atoms with Crippen molar-refractivity contribution < 1.29 is 23.9 Å². The van der Waals surface area contributed by atoms with E-state index in [1.807, 2.05) is 0 Å². The Morgan fingerprint density at radius 1 is 1.27 bits per heavy atom. The highest BCUT2D eigenvalue weighted by Crippen LogP contribution is 2.22. The number of benzene rings is 1. The van der Waals surface area contributed by atoms with Crippen molar-refractivity contribution in [1.82, 2.24) is 4.90 Å². The standard InChI is InChI=1S/C15H15FN2O4/c16-11(12(17)15(21)22)7-3-4-8-18-13(19)9-5-1-2-6-10(9)14(18)20/h1-2,5-7,12H,3-4,8,17H2,(H,21,22)/b11-7+. The minimum Gasteiger partial charge on any atom is -0.480 e. The third kappa shape index (κ3) is 3.04. The summed E-state index contributed by atoms with van der Waals surface area (Å²) in [6, 6.07) is 4.85. The zero-order valence-corrected chi connectivity index (χ0v) is 11.7. The topological polar surface area (TPSA) is 101 Å². The molecule has 0 saturated heterocycles. The number of amides is 2. The highest BCUT2D eigenvalue weighted by molar-refractivity contribution is 6.21. The SMILES string of the molecule is NC(C(=O)O)/C(F)=C\CCCN1C(=O)c2ccccc2C1=O. The van der Waals surface area contributed by atoms with Crippen LogP contribution in [0.4, 0.5) is 4.39 Å². The number of hydrogen-bond donors (Lipinski definition) is 2. The summed E-state index contributed by atoms with van der Waals surface area (Å²) in [5.41, 5.74) is 5.83. The van der Waals surface area contributed by atoms with E-state index in [4.69, 9.17) is 10.8 Å². The monoisotopic (exact) mass is 306 g/mol. The van der Waals surface area contributed by atoms with Gasteiger partial charge in [-0.1, -0.05) is 18.2 Å². The Labute approximate surface area is 126 Å². The number of imide groups is 1. The Balaban J connectivity index is 1.92. The summed E-state index contributed by atoms with van der Waals surface area (Å²) in [4.78, 5) is 35.7. The molecule has 1 aliphatic rings.